The molecular weight excluding hydrogens is 288 g/mol. The third-order valence-corrected chi connectivity index (χ3v) is 3.91. The maximum atomic E-state index is 11.2. The van der Waals surface area contributed by atoms with E-state index in [-0.39, 0.29) is 12.6 Å². The number of unbranched alkanes of at least 4 members (excludes halogenated alkanes) is 3. The van der Waals surface area contributed by atoms with E-state index in [9.17, 15) is 4.79 Å². The van der Waals surface area contributed by atoms with Crippen molar-refractivity contribution in [3.63, 3.8) is 0 Å². The summed E-state index contributed by atoms with van der Waals surface area (Å²) in [5.41, 5.74) is 0. The molecule has 0 aromatic heterocycles. The number of esters is 1. The first-order valence-corrected chi connectivity index (χ1v) is 8.37. The van der Waals surface area contributed by atoms with E-state index in [1.165, 1.54) is 4.90 Å². The zero-order chi connectivity index (χ0) is 15.3. The topological polar surface area (TPSA) is 55.8 Å². The molecule has 0 spiro atoms. The van der Waals surface area contributed by atoms with Crippen LogP contribution < -0.4 is 4.74 Å². The highest BCUT2D eigenvalue weighted by molar-refractivity contribution is 7.99. The van der Waals surface area contributed by atoms with Crippen LogP contribution >= 0.6 is 11.8 Å². The average molecular weight is 312 g/mol. The van der Waals surface area contributed by atoms with E-state index in [0.29, 0.717) is 19.0 Å². The van der Waals surface area contributed by atoms with Gasteiger partial charge in [0.25, 0.3) is 0 Å². The summed E-state index contributed by atoms with van der Waals surface area (Å²) in [5.74, 6) is 1.41. The molecule has 0 radical (unpaired) electrons. The van der Waals surface area contributed by atoms with Gasteiger partial charge in [0.05, 0.1) is 6.61 Å². The second-order valence-corrected chi connectivity index (χ2v) is 5.72. The number of hydrogen-bond donors (Lipinski definition) is 1. The van der Waals surface area contributed by atoms with Crippen LogP contribution in [0.5, 0.6) is 5.75 Å². The molecule has 21 heavy (non-hydrogen) atoms. The second kappa shape index (κ2) is 11.5. The van der Waals surface area contributed by atoms with Gasteiger partial charge in [-0.2, -0.15) is 0 Å². The molecule has 4 nitrogen and oxygen atoms in total. The fourth-order valence-electron chi connectivity index (χ4n) is 1.73. The highest BCUT2D eigenvalue weighted by Gasteiger charge is 2.03. The number of rotatable bonds is 11. The van der Waals surface area contributed by atoms with Crippen molar-refractivity contribution in [3.05, 3.63) is 24.3 Å². The number of ether oxygens (including phenoxy) is 2. The van der Waals surface area contributed by atoms with Gasteiger partial charge < -0.3 is 14.6 Å². The lowest BCUT2D eigenvalue weighted by molar-refractivity contribution is -0.145. The van der Waals surface area contributed by atoms with Crippen molar-refractivity contribution in [2.45, 2.75) is 37.5 Å². The minimum atomic E-state index is -0.348. The quantitative estimate of drug-likeness (QED) is 0.386. The van der Waals surface area contributed by atoms with E-state index >= 15 is 0 Å². The Bertz CT molecular complexity index is 392. The predicted octanol–water partition coefficient (Wildman–Crippen LogP) is 3.27. The van der Waals surface area contributed by atoms with Gasteiger partial charge in [0.15, 0.2) is 6.61 Å². The maximum Gasteiger partial charge on any atom is 0.344 e. The van der Waals surface area contributed by atoms with Gasteiger partial charge >= 0.3 is 5.97 Å². The van der Waals surface area contributed by atoms with E-state index in [0.717, 1.165) is 31.4 Å². The van der Waals surface area contributed by atoms with Gasteiger partial charge in [0.2, 0.25) is 0 Å². The van der Waals surface area contributed by atoms with Crippen molar-refractivity contribution >= 4 is 17.7 Å². The predicted molar refractivity (Wildman–Crippen MR) is 84.8 cm³/mol. The van der Waals surface area contributed by atoms with Crippen molar-refractivity contribution in [1.29, 1.82) is 0 Å². The van der Waals surface area contributed by atoms with Gasteiger partial charge in [-0.1, -0.05) is 12.8 Å². The van der Waals surface area contributed by atoms with Gasteiger partial charge in [0, 0.05) is 11.5 Å². The Labute approximate surface area is 130 Å². The molecule has 1 rings (SSSR count). The molecule has 0 aliphatic rings. The summed E-state index contributed by atoms with van der Waals surface area (Å²) >= 11 is 1.81. The zero-order valence-corrected chi connectivity index (χ0v) is 13.4. The number of hydrogen-bond acceptors (Lipinski definition) is 5. The molecule has 1 aromatic rings. The molecular formula is C16H24O4S. The van der Waals surface area contributed by atoms with Crippen molar-refractivity contribution < 1.29 is 19.4 Å². The lowest BCUT2D eigenvalue weighted by Crippen LogP contribution is -2.14. The summed E-state index contributed by atoms with van der Waals surface area (Å²) in [4.78, 5) is 12.4. The van der Waals surface area contributed by atoms with Crippen molar-refractivity contribution in [2.75, 3.05) is 25.6 Å². The number of thioether (sulfide) groups is 1. The SMILES string of the molecule is CCOC(=O)COc1ccc(SCCCCCCO)cc1. The third-order valence-electron chi connectivity index (χ3n) is 2.81. The van der Waals surface area contributed by atoms with Gasteiger partial charge in [-0.25, -0.2) is 4.79 Å². The first-order valence-electron chi connectivity index (χ1n) is 7.38. The highest BCUT2D eigenvalue weighted by Crippen LogP contribution is 2.22. The van der Waals surface area contributed by atoms with E-state index in [1.807, 2.05) is 36.0 Å². The standard InChI is InChI=1S/C16H24O4S/c1-2-19-16(18)13-20-14-7-9-15(10-8-14)21-12-6-4-3-5-11-17/h7-10,17H,2-6,11-13H2,1H3. The number of benzene rings is 1. The number of carbonyl (C=O) groups excluding carboxylic acids is 1. The van der Waals surface area contributed by atoms with Crippen LogP contribution in [0.2, 0.25) is 0 Å². The van der Waals surface area contributed by atoms with Crippen molar-refractivity contribution in [3.8, 4) is 5.75 Å². The zero-order valence-electron chi connectivity index (χ0n) is 12.5. The van der Waals surface area contributed by atoms with Crippen LogP contribution in [0.1, 0.15) is 32.6 Å². The average Bonchev–Trinajstić information content (AvgIpc) is 2.50. The minimum absolute atomic E-state index is 0.0504. The van der Waals surface area contributed by atoms with Gasteiger partial charge in [0.1, 0.15) is 5.75 Å². The lowest BCUT2D eigenvalue weighted by Gasteiger charge is -2.07. The molecule has 5 heteroatoms. The molecule has 0 amide bonds. The Morgan fingerprint density at radius 1 is 1.14 bits per heavy atom. The van der Waals surface area contributed by atoms with Crippen LogP contribution in [-0.4, -0.2) is 36.6 Å². The molecule has 0 atom stereocenters. The monoisotopic (exact) mass is 312 g/mol. The van der Waals surface area contributed by atoms with E-state index in [4.69, 9.17) is 14.6 Å². The summed E-state index contributed by atoms with van der Waals surface area (Å²) in [6.07, 6.45) is 4.31. The number of carbonyl (C=O) groups is 1. The van der Waals surface area contributed by atoms with Crippen LogP contribution in [0.25, 0.3) is 0 Å². The normalized spacial score (nSPS) is 10.4. The third kappa shape index (κ3) is 8.63. The van der Waals surface area contributed by atoms with Crippen molar-refractivity contribution in [1.82, 2.24) is 0 Å². The minimum Gasteiger partial charge on any atom is -0.482 e. The first kappa shape index (κ1) is 17.9. The summed E-state index contributed by atoms with van der Waals surface area (Å²) in [7, 11) is 0. The molecule has 0 fully saturated rings. The van der Waals surface area contributed by atoms with Crippen molar-refractivity contribution in [2.24, 2.45) is 0 Å². The van der Waals surface area contributed by atoms with E-state index in [2.05, 4.69) is 0 Å². The lowest BCUT2D eigenvalue weighted by atomic mass is 10.2. The largest absolute Gasteiger partial charge is 0.482 e. The maximum absolute atomic E-state index is 11.2. The molecule has 0 bridgehead atoms. The fourth-order valence-corrected chi connectivity index (χ4v) is 2.65. The summed E-state index contributed by atoms with van der Waals surface area (Å²) < 4.78 is 10.1. The Hall–Kier alpha value is -1.20. The molecule has 0 heterocycles. The Morgan fingerprint density at radius 2 is 1.86 bits per heavy atom. The molecule has 0 saturated carbocycles. The molecule has 0 unspecified atom stereocenters. The number of aliphatic hydroxyl groups excluding tert-OH is 1. The smallest absolute Gasteiger partial charge is 0.344 e. The Balaban J connectivity index is 2.19. The molecule has 0 aliphatic carbocycles. The van der Waals surface area contributed by atoms with Crippen LogP contribution in [0, 0.1) is 0 Å². The molecule has 1 aromatic carbocycles. The van der Waals surface area contributed by atoms with E-state index < -0.39 is 0 Å². The second-order valence-electron chi connectivity index (χ2n) is 4.55. The summed E-state index contributed by atoms with van der Waals surface area (Å²) in [5, 5.41) is 8.69. The van der Waals surface area contributed by atoms with Gasteiger partial charge in [-0.3, -0.25) is 0 Å². The summed E-state index contributed by atoms with van der Waals surface area (Å²) in [6.45, 7) is 2.38. The van der Waals surface area contributed by atoms with Gasteiger partial charge in [-0.15, -0.1) is 11.8 Å². The summed E-state index contributed by atoms with van der Waals surface area (Å²) in [6, 6.07) is 7.73. The van der Waals surface area contributed by atoms with Crippen LogP contribution in [0.3, 0.4) is 0 Å². The van der Waals surface area contributed by atoms with Gasteiger partial charge in [-0.05, 0) is 49.8 Å². The highest BCUT2D eigenvalue weighted by atomic mass is 32.2. The molecule has 0 saturated heterocycles. The van der Waals surface area contributed by atoms with Crippen LogP contribution in [0.4, 0.5) is 0 Å². The first-order chi connectivity index (χ1) is 10.3. The molecule has 1 N–H and O–H groups in total. The van der Waals surface area contributed by atoms with Crippen LogP contribution in [0.15, 0.2) is 29.2 Å². The Morgan fingerprint density at radius 3 is 2.52 bits per heavy atom. The van der Waals surface area contributed by atoms with E-state index in [1.54, 1.807) is 6.92 Å². The molecule has 0 aliphatic heterocycles. The number of aliphatic hydroxyl groups is 1. The Kier molecular flexibility index (Phi) is 9.74. The van der Waals surface area contributed by atoms with Crippen LogP contribution in [-0.2, 0) is 9.53 Å². The molecule has 118 valence electrons. The fraction of sp³-hybridized carbons (Fsp3) is 0.562.